The van der Waals surface area contributed by atoms with Gasteiger partial charge in [0.25, 0.3) is 0 Å². The number of nitroso groups, excluding NO2 is 1. The Morgan fingerprint density at radius 1 is 1.07 bits per heavy atom. The van der Waals surface area contributed by atoms with Gasteiger partial charge in [0.05, 0.1) is 18.3 Å². The maximum Gasteiger partial charge on any atom is 0.160 e. The maximum absolute atomic E-state index is 14.6. The Bertz CT molecular complexity index is 530. The average molecular weight is 435 g/mol. The molecule has 1 heterocycles. The number of nitrogens with one attached hydrogen (secondary N) is 1. The Hall–Kier alpha value is -0.710. The van der Waals surface area contributed by atoms with Gasteiger partial charge in [0.15, 0.2) is 6.29 Å². The van der Waals surface area contributed by atoms with Crippen molar-refractivity contribution in [2.24, 2.45) is 22.9 Å². The SMILES string of the molecule is CCNC1CC(O)C2C(CCCC(O)C(N=O)C(O)C(F)CC(C)C(C)O[C@@H]2O)C1. The third kappa shape index (κ3) is 6.40. The van der Waals surface area contributed by atoms with Crippen molar-refractivity contribution in [3.8, 4) is 0 Å². The van der Waals surface area contributed by atoms with E-state index in [1.807, 2.05) is 6.92 Å². The summed E-state index contributed by atoms with van der Waals surface area (Å²) in [7, 11) is 0. The summed E-state index contributed by atoms with van der Waals surface area (Å²) < 4.78 is 20.4. The lowest BCUT2D eigenvalue weighted by atomic mass is 9.72. The van der Waals surface area contributed by atoms with E-state index in [2.05, 4.69) is 10.5 Å². The van der Waals surface area contributed by atoms with E-state index in [1.54, 1.807) is 13.8 Å². The van der Waals surface area contributed by atoms with Gasteiger partial charge in [-0.05, 0) is 57.4 Å². The minimum atomic E-state index is -1.75. The van der Waals surface area contributed by atoms with Crippen LogP contribution in [0.25, 0.3) is 0 Å². The van der Waals surface area contributed by atoms with Gasteiger partial charge in [0.2, 0.25) is 0 Å². The summed E-state index contributed by atoms with van der Waals surface area (Å²) in [5.41, 5.74) is 0. The van der Waals surface area contributed by atoms with Crippen molar-refractivity contribution < 1.29 is 29.6 Å². The van der Waals surface area contributed by atoms with Crippen molar-refractivity contribution >= 4 is 0 Å². The second kappa shape index (κ2) is 11.8. The highest BCUT2D eigenvalue weighted by atomic mass is 19.1. The molecule has 5 N–H and O–H groups in total. The largest absolute Gasteiger partial charge is 0.393 e. The molecule has 0 aromatic rings. The first kappa shape index (κ1) is 25.5. The van der Waals surface area contributed by atoms with Gasteiger partial charge in [-0.2, -0.15) is 4.91 Å². The van der Waals surface area contributed by atoms with Gasteiger partial charge in [-0.1, -0.05) is 25.4 Å². The summed E-state index contributed by atoms with van der Waals surface area (Å²) >= 11 is 0. The number of hydrogen-bond donors (Lipinski definition) is 5. The molecular formula is C21H39FN2O6. The van der Waals surface area contributed by atoms with E-state index >= 15 is 0 Å². The molecule has 9 heteroatoms. The lowest BCUT2D eigenvalue weighted by molar-refractivity contribution is -0.212. The van der Waals surface area contributed by atoms with E-state index in [0.717, 1.165) is 13.0 Å². The van der Waals surface area contributed by atoms with E-state index in [9.17, 15) is 29.7 Å². The van der Waals surface area contributed by atoms with E-state index in [0.29, 0.717) is 19.3 Å². The lowest BCUT2D eigenvalue weighted by Crippen LogP contribution is -2.50. The van der Waals surface area contributed by atoms with Crippen molar-refractivity contribution in [3.63, 3.8) is 0 Å². The first-order valence-corrected chi connectivity index (χ1v) is 11.3. The zero-order chi connectivity index (χ0) is 22.4. The first-order valence-electron chi connectivity index (χ1n) is 11.3. The smallest absolute Gasteiger partial charge is 0.160 e. The molecule has 11 atom stereocenters. The van der Waals surface area contributed by atoms with Gasteiger partial charge in [0.1, 0.15) is 18.3 Å². The molecule has 0 aromatic heterocycles. The molecule has 2 rings (SSSR count). The molecule has 30 heavy (non-hydrogen) atoms. The van der Waals surface area contributed by atoms with Crippen LogP contribution in [0.15, 0.2) is 5.18 Å². The first-order chi connectivity index (χ1) is 14.2. The van der Waals surface area contributed by atoms with E-state index in [-0.39, 0.29) is 30.7 Å². The number of nitrogens with zero attached hydrogens (tertiary/aromatic N) is 1. The third-order valence-electron chi connectivity index (χ3n) is 6.99. The fourth-order valence-corrected chi connectivity index (χ4v) is 5.04. The zero-order valence-corrected chi connectivity index (χ0v) is 18.2. The summed E-state index contributed by atoms with van der Waals surface area (Å²) in [6, 6.07) is -1.31. The molecule has 0 spiro atoms. The molecule has 2 fully saturated rings. The van der Waals surface area contributed by atoms with Crippen molar-refractivity contribution in [3.05, 3.63) is 4.91 Å². The standard InChI is InChI=1S/C21H39FN2O6/c1-4-23-14-9-13-6-5-7-16(25)19(24-29)20(27)15(22)8-11(2)12(3)30-21(28)18(13)17(26)10-14/h11-21,23,25-28H,4-10H2,1-3H3/t11?,12?,13?,14?,15?,16?,17?,18?,19?,20?,21-/m0/s1. The number of hydrogen-bond acceptors (Lipinski definition) is 8. The fourth-order valence-electron chi connectivity index (χ4n) is 5.04. The van der Waals surface area contributed by atoms with E-state index < -0.39 is 48.8 Å². The molecule has 2 aliphatic rings. The van der Waals surface area contributed by atoms with Crippen molar-refractivity contribution in [2.75, 3.05) is 6.54 Å². The van der Waals surface area contributed by atoms with Gasteiger partial charge in [-0.25, -0.2) is 4.39 Å². The Balaban J connectivity index is 2.23. The Morgan fingerprint density at radius 2 is 1.77 bits per heavy atom. The molecule has 1 aliphatic heterocycles. The molecule has 176 valence electrons. The Kier molecular flexibility index (Phi) is 10.0. The minimum absolute atomic E-state index is 0.0491. The van der Waals surface area contributed by atoms with Gasteiger partial charge in [0, 0.05) is 12.0 Å². The second-order valence-electron chi connectivity index (χ2n) is 9.18. The molecule has 1 aliphatic carbocycles. The molecule has 0 radical (unpaired) electrons. The molecule has 0 amide bonds. The van der Waals surface area contributed by atoms with Gasteiger partial charge < -0.3 is 30.5 Å². The van der Waals surface area contributed by atoms with Crippen molar-refractivity contribution in [1.82, 2.24) is 5.32 Å². The van der Waals surface area contributed by atoms with Gasteiger partial charge >= 0.3 is 0 Å². The minimum Gasteiger partial charge on any atom is -0.393 e. The highest BCUT2D eigenvalue weighted by Gasteiger charge is 2.43. The summed E-state index contributed by atoms with van der Waals surface area (Å²) in [5.74, 6) is -0.904. The number of aliphatic hydroxyl groups excluding tert-OH is 4. The molecule has 1 saturated carbocycles. The quantitative estimate of drug-likeness (QED) is 0.425. The highest BCUT2D eigenvalue weighted by Crippen LogP contribution is 2.38. The van der Waals surface area contributed by atoms with Crippen LogP contribution in [0.4, 0.5) is 4.39 Å². The normalized spacial score (nSPS) is 47.1. The molecule has 10 unspecified atom stereocenters. The number of aliphatic hydroxyl groups is 4. The second-order valence-corrected chi connectivity index (χ2v) is 9.18. The Morgan fingerprint density at radius 3 is 2.40 bits per heavy atom. The van der Waals surface area contributed by atoms with Crippen molar-refractivity contribution in [1.29, 1.82) is 0 Å². The molecule has 0 bridgehead atoms. The number of fused-ring (bicyclic) bond motifs is 1. The van der Waals surface area contributed by atoms with Crippen LogP contribution in [0.3, 0.4) is 0 Å². The zero-order valence-electron chi connectivity index (χ0n) is 18.2. The maximum atomic E-state index is 14.6. The summed E-state index contributed by atoms with van der Waals surface area (Å²) in [4.78, 5) is 11.2. The van der Waals surface area contributed by atoms with E-state index in [4.69, 9.17) is 4.74 Å². The van der Waals surface area contributed by atoms with Crippen LogP contribution in [0.2, 0.25) is 0 Å². The summed E-state index contributed by atoms with van der Waals surface area (Å²) in [6.07, 6.45) is -4.74. The predicted molar refractivity (Wildman–Crippen MR) is 110 cm³/mol. The number of halogens is 1. The van der Waals surface area contributed by atoms with Crippen molar-refractivity contribution in [2.45, 2.75) is 108 Å². The lowest BCUT2D eigenvalue weighted by Gasteiger charge is -2.43. The summed E-state index contributed by atoms with van der Waals surface area (Å²) in [6.45, 7) is 6.22. The van der Waals surface area contributed by atoms with Crippen LogP contribution in [0, 0.1) is 22.7 Å². The van der Waals surface area contributed by atoms with Crippen LogP contribution < -0.4 is 5.32 Å². The van der Waals surface area contributed by atoms with Gasteiger partial charge in [-0.15, -0.1) is 0 Å². The Labute approximate surface area is 178 Å². The summed E-state index contributed by atoms with van der Waals surface area (Å²) in [5, 5.41) is 48.3. The van der Waals surface area contributed by atoms with Crippen LogP contribution >= 0.6 is 0 Å². The number of alkyl halides is 1. The third-order valence-corrected chi connectivity index (χ3v) is 6.99. The topological polar surface area (TPSA) is 132 Å². The van der Waals surface area contributed by atoms with Crippen LogP contribution in [-0.2, 0) is 4.74 Å². The fraction of sp³-hybridized carbons (Fsp3) is 1.00. The molecule has 0 aromatic carbocycles. The monoisotopic (exact) mass is 434 g/mol. The van der Waals surface area contributed by atoms with Crippen LogP contribution in [0.5, 0.6) is 0 Å². The van der Waals surface area contributed by atoms with Gasteiger partial charge in [-0.3, -0.25) is 0 Å². The number of rotatable bonds is 3. The van der Waals surface area contributed by atoms with Crippen LogP contribution in [0.1, 0.15) is 59.3 Å². The number of ether oxygens (including phenoxy) is 1. The van der Waals surface area contributed by atoms with Crippen LogP contribution in [-0.4, -0.2) is 75.9 Å². The highest BCUT2D eigenvalue weighted by molar-refractivity contribution is 4.93. The average Bonchev–Trinajstić information content (AvgIpc) is 2.67. The predicted octanol–water partition coefficient (Wildman–Crippen LogP) is 1.48. The molecule has 8 nitrogen and oxygen atoms in total. The molecular weight excluding hydrogens is 395 g/mol. The van der Waals surface area contributed by atoms with E-state index in [1.165, 1.54) is 0 Å². The molecule has 1 saturated heterocycles.